The van der Waals surface area contributed by atoms with Crippen molar-refractivity contribution in [2.24, 2.45) is 0 Å². The minimum Gasteiger partial charge on any atom is -0.356 e. The second-order valence-corrected chi connectivity index (χ2v) is 8.75. The minimum atomic E-state index is -3.63. The second kappa shape index (κ2) is 10.4. The molecule has 3 N–H and O–H groups in total. The summed E-state index contributed by atoms with van der Waals surface area (Å²) in [5.41, 5.74) is 1.65. The number of sulfonamides is 1. The Morgan fingerprint density at radius 1 is 0.964 bits per heavy atom. The summed E-state index contributed by atoms with van der Waals surface area (Å²) in [6, 6.07) is 13.5. The van der Waals surface area contributed by atoms with Gasteiger partial charge in [-0.25, -0.2) is 13.1 Å². The largest absolute Gasteiger partial charge is 0.356 e. The first kappa shape index (κ1) is 22.1. The molecule has 2 amide bonds. The molecule has 28 heavy (non-hydrogen) atoms. The molecule has 0 fully saturated rings. The van der Waals surface area contributed by atoms with Crippen molar-refractivity contribution in [1.29, 1.82) is 0 Å². The van der Waals surface area contributed by atoms with Gasteiger partial charge in [0.2, 0.25) is 21.8 Å². The van der Waals surface area contributed by atoms with Gasteiger partial charge in [0, 0.05) is 36.1 Å². The van der Waals surface area contributed by atoms with Crippen LogP contribution >= 0.6 is 15.9 Å². The number of halogens is 1. The summed E-state index contributed by atoms with van der Waals surface area (Å²) in [5.74, 6) is -0.548. The van der Waals surface area contributed by atoms with Crippen LogP contribution in [0.15, 0.2) is 57.9 Å². The number of hydrogen-bond donors (Lipinski definition) is 3. The second-order valence-electron chi connectivity index (χ2n) is 6.07. The quantitative estimate of drug-likeness (QED) is 0.526. The van der Waals surface area contributed by atoms with Gasteiger partial charge in [-0.05, 0) is 36.8 Å². The number of amides is 2. The monoisotopic (exact) mass is 467 g/mol. The molecular formula is C19H22BrN3O4S. The summed E-state index contributed by atoms with van der Waals surface area (Å²) >= 11 is 3.35. The molecule has 0 aliphatic heterocycles. The molecule has 7 nitrogen and oxygen atoms in total. The van der Waals surface area contributed by atoms with Crippen LogP contribution in [0.1, 0.15) is 18.4 Å². The van der Waals surface area contributed by atoms with E-state index in [1.165, 1.54) is 12.1 Å². The fourth-order valence-electron chi connectivity index (χ4n) is 2.33. The molecule has 0 saturated heterocycles. The molecule has 2 aromatic rings. The Labute approximate surface area is 173 Å². The Morgan fingerprint density at radius 2 is 1.64 bits per heavy atom. The Kier molecular flexibility index (Phi) is 8.16. The number of carbonyl (C=O) groups excluding carboxylic acids is 2. The van der Waals surface area contributed by atoms with Crippen molar-refractivity contribution in [3.8, 4) is 0 Å². The normalized spacial score (nSPS) is 11.1. The molecule has 9 heteroatoms. The molecule has 0 aliphatic rings. The zero-order chi connectivity index (χ0) is 20.6. The highest BCUT2D eigenvalue weighted by Crippen LogP contribution is 2.20. The van der Waals surface area contributed by atoms with Crippen LogP contribution in [-0.4, -0.2) is 33.3 Å². The van der Waals surface area contributed by atoms with E-state index in [2.05, 4.69) is 31.3 Å². The lowest BCUT2D eigenvalue weighted by molar-refractivity contribution is -0.121. The van der Waals surface area contributed by atoms with Crippen molar-refractivity contribution < 1.29 is 18.0 Å². The fourth-order valence-corrected chi connectivity index (χ4v) is 3.74. The van der Waals surface area contributed by atoms with E-state index in [1.807, 2.05) is 25.1 Å². The minimum absolute atomic E-state index is 0.0155. The summed E-state index contributed by atoms with van der Waals surface area (Å²) in [6.07, 6.45) is 0.103. The molecule has 0 bridgehead atoms. The lowest BCUT2D eigenvalue weighted by Gasteiger charge is -2.10. The first-order valence-corrected chi connectivity index (χ1v) is 10.9. The number of hydrogen-bond acceptors (Lipinski definition) is 4. The smallest absolute Gasteiger partial charge is 0.240 e. The molecule has 2 rings (SSSR count). The van der Waals surface area contributed by atoms with Crippen LogP contribution in [0.3, 0.4) is 0 Å². The van der Waals surface area contributed by atoms with Crippen molar-refractivity contribution in [3.05, 3.63) is 58.6 Å². The molecule has 0 aliphatic carbocycles. The average molecular weight is 468 g/mol. The average Bonchev–Trinajstić information content (AvgIpc) is 2.65. The molecule has 0 spiro atoms. The van der Waals surface area contributed by atoms with Gasteiger partial charge in [0.1, 0.15) is 0 Å². The molecule has 0 atom stereocenters. The van der Waals surface area contributed by atoms with Gasteiger partial charge >= 0.3 is 0 Å². The van der Waals surface area contributed by atoms with Crippen molar-refractivity contribution in [2.75, 3.05) is 18.4 Å². The van der Waals surface area contributed by atoms with Gasteiger partial charge in [0.25, 0.3) is 0 Å². The number of benzene rings is 2. The Balaban J connectivity index is 1.68. The predicted molar refractivity (Wildman–Crippen MR) is 111 cm³/mol. The summed E-state index contributed by atoms with van der Waals surface area (Å²) in [6.45, 7) is 2.04. The molecule has 0 radical (unpaired) electrons. The van der Waals surface area contributed by atoms with E-state index in [0.29, 0.717) is 5.69 Å². The maximum atomic E-state index is 12.0. The summed E-state index contributed by atoms with van der Waals surface area (Å²) in [4.78, 5) is 24.0. The van der Waals surface area contributed by atoms with Crippen molar-refractivity contribution in [3.63, 3.8) is 0 Å². The Hall–Kier alpha value is -2.23. The number of rotatable bonds is 9. The Bertz CT molecular complexity index is 933. The predicted octanol–water partition coefficient (Wildman–Crippen LogP) is 2.57. The van der Waals surface area contributed by atoms with Gasteiger partial charge in [-0.1, -0.05) is 40.2 Å². The summed E-state index contributed by atoms with van der Waals surface area (Å²) < 4.78 is 27.3. The maximum Gasteiger partial charge on any atom is 0.240 e. The van der Waals surface area contributed by atoms with Crippen molar-refractivity contribution >= 4 is 43.5 Å². The SMILES string of the molecule is Cc1ccc(Br)cc1NC(=O)CCNC(=O)CCNS(=O)(=O)c1ccccc1. The first-order chi connectivity index (χ1) is 13.3. The van der Waals surface area contributed by atoms with Gasteiger partial charge in [-0.15, -0.1) is 0 Å². The van der Waals surface area contributed by atoms with Crippen LogP contribution in [0.5, 0.6) is 0 Å². The van der Waals surface area contributed by atoms with Gasteiger partial charge in [-0.2, -0.15) is 0 Å². The van der Waals surface area contributed by atoms with E-state index in [4.69, 9.17) is 0 Å². The number of anilines is 1. The van der Waals surface area contributed by atoms with E-state index in [0.717, 1.165) is 10.0 Å². The number of aryl methyl sites for hydroxylation is 1. The topological polar surface area (TPSA) is 104 Å². The molecule has 150 valence electrons. The highest BCUT2D eigenvalue weighted by Gasteiger charge is 2.13. The fraction of sp³-hybridized carbons (Fsp3) is 0.263. The zero-order valence-electron chi connectivity index (χ0n) is 15.4. The standard InChI is InChI=1S/C19H22BrN3O4S/c1-14-7-8-15(20)13-17(14)23-19(25)9-11-21-18(24)10-12-22-28(26,27)16-5-3-2-4-6-16/h2-8,13,22H,9-12H2,1H3,(H,21,24)(H,23,25). The van der Waals surface area contributed by atoms with Crippen LogP contribution in [0.4, 0.5) is 5.69 Å². The third-order valence-corrected chi connectivity index (χ3v) is 5.82. The molecule has 0 unspecified atom stereocenters. The van der Waals surface area contributed by atoms with E-state index in [9.17, 15) is 18.0 Å². The van der Waals surface area contributed by atoms with E-state index >= 15 is 0 Å². The summed E-state index contributed by atoms with van der Waals surface area (Å²) in [5, 5.41) is 5.40. The lowest BCUT2D eigenvalue weighted by Crippen LogP contribution is -2.32. The molecular weight excluding hydrogens is 446 g/mol. The third-order valence-electron chi connectivity index (χ3n) is 3.85. The van der Waals surface area contributed by atoms with Gasteiger partial charge in [0.05, 0.1) is 4.90 Å². The zero-order valence-corrected chi connectivity index (χ0v) is 17.8. The van der Waals surface area contributed by atoms with Gasteiger partial charge in [0.15, 0.2) is 0 Å². The summed E-state index contributed by atoms with van der Waals surface area (Å²) in [7, 11) is -3.63. The van der Waals surface area contributed by atoms with Crippen molar-refractivity contribution in [1.82, 2.24) is 10.0 Å². The van der Waals surface area contributed by atoms with Gasteiger partial charge in [-0.3, -0.25) is 9.59 Å². The lowest BCUT2D eigenvalue weighted by atomic mass is 10.2. The van der Waals surface area contributed by atoms with Crippen LogP contribution in [-0.2, 0) is 19.6 Å². The molecule has 2 aromatic carbocycles. The van der Waals surface area contributed by atoms with Crippen LogP contribution in [0.25, 0.3) is 0 Å². The molecule has 0 heterocycles. The van der Waals surface area contributed by atoms with E-state index in [-0.39, 0.29) is 42.6 Å². The van der Waals surface area contributed by atoms with E-state index < -0.39 is 10.0 Å². The van der Waals surface area contributed by atoms with E-state index in [1.54, 1.807) is 18.2 Å². The number of carbonyl (C=O) groups is 2. The highest BCUT2D eigenvalue weighted by atomic mass is 79.9. The highest BCUT2D eigenvalue weighted by molar-refractivity contribution is 9.10. The van der Waals surface area contributed by atoms with Crippen molar-refractivity contribution in [2.45, 2.75) is 24.7 Å². The molecule has 0 aromatic heterocycles. The van der Waals surface area contributed by atoms with Crippen LogP contribution in [0, 0.1) is 6.92 Å². The maximum absolute atomic E-state index is 12.0. The van der Waals surface area contributed by atoms with Gasteiger partial charge < -0.3 is 10.6 Å². The molecule has 0 saturated carbocycles. The third kappa shape index (κ3) is 7.06. The van der Waals surface area contributed by atoms with Crippen LogP contribution < -0.4 is 15.4 Å². The number of nitrogens with one attached hydrogen (secondary N) is 3. The van der Waals surface area contributed by atoms with Crippen LogP contribution in [0.2, 0.25) is 0 Å². The first-order valence-electron chi connectivity index (χ1n) is 8.65. The Morgan fingerprint density at radius 3 is 2.36 bits per heavy atom.